The average Bonchev–Trinajstić information content (AvgIpc) is 3.03. The molecule has 1 amide bonds. The van der Waals surface area contributed by atoms with Gasteiger partial charge in [-0.1, -0.05) is 30.3 Å². The Balaban J connectivity index is 1.91. The molecule has 5 nitrogen and oxygen atoms in total. The first-order chi connectivity index (χ1) is 12.8. The first-order valence-corrected chi connectivity index (χ1v) is 7.95. The van der Waals surface area contributed by atoms with Crippen LogP contribution in [0.25, 0.3) is 11.3 Å². The maximum absolute atomic E-state index is 13.0. The standard InChI is InChI=1S/C19H16F3N3O2/c1-25-16(11-14(24-25)12-6-4-3-5-7-12)18(26)23-15-10-13(19(20,21)22)8-9-17(15)27-2/h3-11H,1-2H3,(H,23,26). The smallest absolute Gasteiger partial charge is 0.416 e. The molecule has 0 bridgehead atoms. The zero-order valence-corrected chi connectivity index (χ0v) is 14.5. The quantitative estimate of drug-likeness (QED) is 0.737. The van der Waals surface area contributed by atoms with Crippen LogP contribution in [-0.2, 0) is 13.2 Å². The molecule has 27 heavy (non-hydrogen) atoms. The van der Waals surface area contributed by atoms with E-state index in [9.17, 15) is 18.0 Å². The fourth-order valence-corrected chi connectivity index (χ4v) is 2.60. The Labute approximate surface area is 153 Å². The number of aromatic nitrogens is 2. The van der Waals surface area contributed by atoms with Crippen molar-refractivity contribution in [3.8, 4) is 17.0 Å². The number of rotatable bonds is 4. The summed E-state index contributed by atoms with van der Waals surface area (Å²) in [5, 5.41) is 6.76. The number of halogens is 3. The Morgan fingerprint density at radius 1 is 1.11 bits per heavy atom. The van der Waals surface area contributed by atoms with Gasteiger partial charge in [-0.05, 0) is 24.3 Å². The van der Waals surface area contributed by atoms with Gasteiger partial charge in [0.2, 0.25) is 0 Å². The van der Waals surface area contributed by atoms with E-state index in [0.29, 0.717) is 5.69 Å². The number of hydrogen-bond acceptors (Lipinski definition) is 3. The summed E-state index contributed by atoms with van der Waals surface area (Å²) in [4.78, 5) is 12.6. The Hall–Kier alpha value is -3.29. The van der Waals surface area contributed by atoms with Gasteiger partial charge in [-0.25, -0.2) is 0 Å². The van der Waals surface area contributed by atoms with Crippen LogP contribution in [0, 0.1) is 0 Å². The number of hydrogen-bond donors (Lipinski definition) is 1. The van der Waals surface area contributed by atoms with E-state index in [1.54, 1.807) is 13.1 Å². The summed E-state index contributed by atoms with van der Waals surface area (Å²) in [5.41, 5.74) is 0.657. The van der Waals surface area contributed by atoms with Crippen LogP contribution in [0.15, 0.2) is 54.6 Å². The molecule has 0 aliphatic rings. The van der Waals surface area contributed by atoms with Crippen molar-refractivity contribution in [2.45, 2.75) is 6.18 Å². The first-order valence-electron chi connectivity index (χ1n) is 7.95. The van der Waals surface area contributed by atoms with Gasteiger partial charge in [-0.2, -0.15) is 18.3 Å². The average molecular weight is 375 g/mol. The zero-order chi connectivity index (χ0) is 19.6. The summed E-state index contributed by atoms with van der Waals surface area (Å²) < 4.78 is 45.3. The van der Waals surface area contributed by atoms with E-state index >= 15 is 0 Å². The number of alkyl halides is 3. The molecule has 0 saturated carbocycles. The van der Waals surface area contributed by atoms with E-state index < -0.39 is 17.6 Å². The third kappa shape index (κ3) is 3.94. The second-order valence-corrected chi connectivity index (χ2v) is 5.77. The molecule has 0 aliphatic heterocycles. The van der Waals surface area contributed by atoms with Crippen LogP contribution in [0.1, 0.15) is 16.1 Å². The molecule has 2 aromatic carbocycles. The molecule has 0 atom stereocenters. The highest BCUT2D eigenvalue weighted by molar-refractivity contribution is 6.04. The number of aryl methyl sites for hydroxylation is 1. The van der Waals surface area contributed by atoms with Gasteiger partial charge in [0, 0.05) is 12.6 Å². The molecule has 1 N–H and O–H groups in total. The lowest BCUT2D eigenvalue weighted by Crippen LogP contribution is -2.17. The molecule has 0 aliphatic carbocycles. The predicted molar refractivity (Wildman–Crippen MR) is 94.6 cm³/mol. The number of carbonyl (C=O) groups excluding carboxylic acids is 1. The Bertz CT molecular complexity index is 966. The summed E-state index contributed by atoms with van der Waals surface area (Å²) >= 11 is 0. The van der Waals surface area contributed by atoms with E-state index in [4.69, 9.17) is 4.74 Å². The highest BCUT2D eigenvalue weighted by atomic mass is 19.4. The summed E-state index contributed by atoms with van der Waals surface area (Å²) in [5.74, 6) is -0.466. The van der Waals surface area contributed by atoms with Crippen LogP contribution in [-0.4, -0.2) is 22.8 Å². The molecule has 0 unspecified atom stereocenters. The van der Waals surface area contributed by atoms with Crippen LogP contribution in [0.3, 0.4) is 0 Å². The highest BCUT2D eigenvalue weighted by Gasteiger charge is 2.31. The van der Waals surface area contributed by atoms with Crippen molar-refractivity contribution in [1.29, 1.82) is 0 Å². The minimum Gasteiger partial charge on any atom is -0.495 e. The van der Waals surface area contributed by atoms with E-state index in [-0.39, 0.29) is 17.1 Å². The van der Waals surface area contributed by atoms with Gasteiger partial charge in [0.1, 0.15) is 11.4 Å². The summed E-state index contributed by atoms with van der Waals surface area (Å²) in [7, 11) is 2.90. The predicted octanol–water partition coefficient (Wildman–Crippen LogP) is 4.37. The van der Waals surface area contributed by atoms with Crippen molar-refractivity contribution in [3.05, 3.63) is 65.9 Å². The normalized spacial score (nSPS) is 11.3. The molecule has 3 aromatic rings. The monoisotopic (exact) mass is 375 g/mol. The third-order valence-corrected chi connectivity index (χ3v) is 3.96. The van der Waals surface area contributed by atoms with E-state index in [1.165, 1.54) is 11.8 Å². The van der Waals surface area contributed by atoms with Crippen molar-refractivity contribution in [3.63, 3.8) is 0 Å². The second-order valence-electron chi connectivity index (χ2n) is 5.77. The van der Waals surface area contributed by atoms with E-state index in [1.807, 2.05) is 30.3 Å². The summed E-state index contributed by atoms with van der Waals surface area (Å²) in [6.07, 6.45) is -4.53. The molecule has 0 saturated heterocycles. The van der Waals surface area contributed by atoms with E-state index in [0.717, 1.165) is 23.8 Å². The molecule has 0 fully saturated rings. The first kappa shape index (κ1) is 18.5. The fraction of sp³-hybridized carbons (Fsp3) is 0.158. The Morgan fingerprint density at radius 2 is 1.81 bits per heavy atom. The molecule has 0 radical (unpaired) electrons. The van der Waals surface area contributed by atoms with Crippen molar-refractivity contribution in [2.24, 2.45) is 7.05 Å². The van der Waals surface area contributed by atoms with Crippen LogP contribution >= 0.6 is 0 Å². The van der Waals surface area contributed by atoms with Crippen LogP contribution in [0.4, 0.5) is 18.9 Å². The second kappa shape index (κ2) is 7.14. The summed E-state index contributed by atoms with van der Waals surface area (Å²) in [6.45, 7) is 0. The lowest BCUT2D eigenvalue weighted by atomic mass is 10.1. The minimum absolute atomic E-state index is 0.0696. The van der Waals surface area contributed by atoms with Crippen molar-refractivity contribution in [2.75, 3.05) is 12.4 Å². The number of amides is 1. The minimum atomic E-state index is -4.53. The van der Waals surface area contributed by atoms with Crippen LogP contribution in [0.2, 0.25) is 0 Å². The van der Waals surface area contributed by atoms with Gasteiger partial charge in [-0.3, -0.25) is 9.48 Å². The number of benzene rings is 2. The van der Waals surface area contributed by atoms with Crippen LogP contribution < -0.4 is 10.1 Å². The van der Waals surface area contributed by atoms with Crippen molar-refractivity contribution < 1.29 is 22.7 Å². The number of anilines is 1. The molecule has 8 heteroatoms. The zero-order valence-electron chi connectivity index (χ0n) is 14.5. The highest BCUT2D eigenvalue weighted by Crippen LogP contribution is 2.35. The maximum atomic E-state index is 13.0. The maximum Gasteiger partial charge on any atom is 0.416 e. The van der Waals surface area contributed by atoms with Gasteiger partial charge in [0.15, 0.2) is 0 Å². The van der Waals surface area contributed by atoms with Crippen molar-refractivity contribution in [1.82, 2.24) is 9.78 Å². The van der Waals surface area contributed by atoms with Crippen molar-refractivity contribution >= 4 is 11.6 Å². The molecular weight excluding hydrogens is 359 g/mol. The third-order valence-electron chi connectivity index (χ3n) is 3.96. The molecular formula is C19H16F3N3O2. The summed E-state index contributed by atoms with van der Waals surface area (Å²) in [6, 6.07) is 13.7. The Kier molecular flexibility index (Phi) is 4.89. The lowest BCUT2D eigenvalue weighted by Gasteiger charge is -2.13. The number of methoxy groups -OCH3 is 1. The fourth-order valence-electron chi connectivity index (χ4n) is 2.60. The van der Waals surface area contributed by atoms with Gasteiger partial charge in [0.25, 0.3) is 5.91 Å². The van der Waals surface area contributed by atoms with E-state index in [2.05, 4.69) is 10.4 Å². The Morgan fingerprint density at radius 3 is 2.44 bits per heavy atom. The van der Waals surface area contributed by atoms with Gasteiger partial charge in [-0.15, -0.1) is 0 Å². The number of nitrogens with one attached hydrogen (secondary N) is 1. The molecule has 1 aromatic heterocycles. The molecule has 140 valence electrons. The number of nitrogens with zero attached hydrogens (tertiary/aromatic N) is 2. The van der Waals surface area contributed by atoms with Gasteiger partial charge >= 0.3 is 6.18 Å². The molecule has 1 heterocycles. The van der Waals surface area contributed by atoms with Gasteiger partial charge < -0.3 is 10.1 Å². The SMILES string of the molecule is COc1ccc(C(F)(F)F)cc1NC(=O)c1cc(-c2ccccc2)nn1C. The lowest BCUT2D eigenvalue weighted by molar-refractivity contribution is -0.137. The van der Waals surface area contributed by atoms with Crippen LogP contribution in [0.5, 0.6) is 5.75 Å². The number of carbonyl (C=O) groups is 1. The topological polar surface area (TPSA) is 56.1 Å². The molecule has 0 spiro atoms. The largest absolute Gasteiger partial charge is 0.495 e. The molecule has 3 rings (SSSR count). The van der Waals surface area contributed by atoms with Gasteiger partial charge in [0.05, 0.1) is 24.1 Å². The number of ether oxygens (including phenoxy) is 1.